The Morgan fingerprint density at radius 1 is 1.40 bits per heavy atom. The number of hydrogen-bond donors (Lipinski definition) is 1. The van der Waals surface area contributed by atoms with Crippen molar-refractivity contribution in [1.29, 1.82) is 0 Å². The molecule has 1 saturated carbocycles. The summed E-state index contributed by atoms with van der Waals surface area (Å²) in [5.41, 5.74) is 1.05. The molecule has 20 heavy (non-hydrogen) atoms. The Morgan fingerprint density at radius 2 is 2.25 bits per heavy atom. The number of hydrogen-bond acceptors (Lipinski definition) is 3. The van der Waals surface area contributed by atoms with Gasteiger partial charge in [0, 0.05) is 31.7 Å². The van der Waals surface area contributed by atoms with Crippen LogP contribution in [0.1, 0.15) is 18.4 Å². The molecule has 1 aliphatic carbocycles. The first-order valence-electron chi connectivity index (χ1n) is 7.21. The van der Waals surface area contributed by atoms with Crippen molar-refractivity contribution in [2.45, 2.75) is 31.5 Å². The molecule has 0 spiro atoms. The van der Waals surface area contributed by atoms with Gasteiger partial charge in [0.2, 0.25) is 0 Å². The van der Waals surface area contributed by atoms with E-state index in [1.165, 1.54) is 18.9 Å². The molecule has 0 radical (unpaired) electrons. The summed E-state index contributed by atoms with van der Waals surface area (Å²) in [4.78, 5) is 2.39. The van der Waals surface area contributed by atoms with Crippen molar-refractivity contribution in [3.05, 3.63) is 34.6 Å². The minimum atomic E-state index is -0.357. The highest BCUT2D eigenvalue weighted by Crippen LogP contribution is 2.21. The second-order valence-electron chi connectivity index (χ2n) is 5.63. The highest BCUT2D eigenvalue weighted by atomic mass is 35.5. The quantitative estimate of drug-likeness (QED) is 0.903. The van der Waals surface area contributed by atoms with Crippen LogP contribution in [0.15, 0.2) is 18.2 Å². The van der Waals surface area contributed by atoms with E-state index in [0.29, 0.717) is 12.1 Å². The molecule has 2 fully saturated rings. The van der Waals surface area contributed by atoms with Gasteiger partial charge >= 0.3 is 0 Å². The molecule has 1 aliphatic heterocycles. The van der Waals surface area contributed by atoms with Crippen LogP contribution in [0.5, 0.6) is 0 Å². The van der Waals surface area contributed by atoms with E-state index in [0.717, 1.165) is 38.4 Å². The monoisotopic (exact) mass is 298 g/mol. The summed E-state index contributed by atoms with van der Waals surface area (Å²) in [6.45, 7) is 4.18. The second kappa shape index (κ2) is 6.39. The lowest BCUT2D eigenvalue weighted by Gasteiger charge is -2.35. The number of ether oxygens (including phenoxy) is 1. The Labute approximate surface area is 124 Å². The van der Waals surface area contributed by atoms with Gasteiger partial charge in [-0.1, -0.05) is 17.7 Å². The van der Waals surface area contributed by atoms with Gasteiger partial charge in [0.1, 0.15) is 5.82 Å². The molecule has 0 aromatic heterocycles. The van der Waals surface area contributed by atoms with Crippen LogP contribution in [0.4, 0.5) is 4.39 Å². The van der Waals surface area contributed by atoms with Gasteiger partial charge in [-0.25, -0.2) is 4.39 Å². The molecular formula is C15H20ClFN2O. The van der Waals surface area contributed by atoms with Crippen molar-refractivity contribution < 1.29 is 9.13 Å². The topological polar surface area (TPSA) is 24.5 Å². The summed E-state index contributed by atoms with van der Waals surface area (Å²) in [5, 5.41) is 3.75. The SMILES string of the molecule is Fc1ccc(CN2CCOCC2CNC2CC2)cc1Cl. The van der Waals surface area contributed by atoms with Gasteiger partial charge in [-0.2, -0.15) is 0 Å². The van der Waals surface area contributed by atoms with Gasteiger partial charge in [-0.3, -0.25) is 4.90 Å². The molecule has 0 bridgehead atoms. The Balaban J connectivity index is 1.61. The van der Waals surface area contributed by atoms with E-state index in [2.05, 4.69) is 10.2 Å². The molecule has 1 heterocycles. The minimum Gasteiger partial charge on any atom is -0.378 e. The molecule has 1 aromatic rings. The number of nitrogens with one attached hydrogen (secondary N) is 1. The van der Waals surface area contributed by atoms with Crippen LogP contribution < -0.4 is 5.32 Å². The van der Waals surface area contributed by atoms with Crippen molar-refractivity contribution in [2.75, 3.05) is 26.3 Å². The van der Waals surface area contributed by atoms with Crippen LogP contribution in [0.3, 0.4) is 0 Å². The lowest BCUT2D eigenvalue weighted by Crippen LogP contribution is -2.50. The van der Waals surface area contributed by atoms with Gasteiger partial charge in [0.25, 0.3) is 0 Å². The molecule has 1 N–H and O–H groups in total. The second-order valence-corrected chi connectivity index (χ2v) is 6.04. The number of rotatable bonds is 5. The van der Waals surface area contributed by atoms with Gasteiger partial charge in [-0.15, -0.1) is 0 Å². The van der Waals surface area contributed by atoms with Crippen molar-refractivity contribution in [1.82, 2.24) is 10.2 Å². The van der Waals surface area contributed by atoms with Gasteiger partial charge in [-0.05, 0) is 30.5 Å². The average molecular weight is 299 g/mol. The summed E-state index contributed by atoms with van der Waals surface area (Å²) in [7, 11) is 0. The highest BCUT2D eigenvalue weighted by molar-refractivity contribution is 6.30. The average Bonchev–Trinajstić information content (AvgIpc) is 3.26. The Kier molecular flexibility index (Phi) is 4.56. The van der Waals surface area contributed by atoms with E-state index in [9.17, 15) is 4.39 Å². The van der Waals surface area contributed by atoms with E-state index >= 15 is 0 Å². The van der Waals surface area contributed by atoms with E-state index in [1.54, 1.807) is 6.07 Å². The molecule has 110 valence electrons. The molecule has 3 rings (SSSR count). The third-order valence-electron chi connectivity index (χ3n) is 3.94. The van der Waals surface area contributed by atoms with Gasteiger partial charge < -0.3 is 10.1 Å². The third kappa shape index (κ3) is 3.70. The predicted octanol–water partition coefficient (Wildman–Crippen LogP) is 2.43. The lowest BCUT2D eigenvalue weighted by atomic mass is 10.1. The predicted molar refractivity (Wildman–Crippen MR) is 77.5 cm³/mol. The fourth-order valence-electron chi connectivity index (χ4n) is 2.55. The fourth-order valence-corrected chi connectivity index (χ4v) is 2.75. The largest absolute Gasteiger partial charge is 0.378 e. The summed E-state index contributed by atoms with van der Waals surface area (Å²) >= 11 is 5.85. The number of nitrogens with zero attached hydrogens (tertiary/aromatic N) is 1. The molecular weight excluding hydrogens is 279 g/mol. The molecule has 3 nitrogen and oxygen atoms in total. The smallest absolute Gasteiger partial charge is 0.141 e. The lowest BCUT2D eigenvalue weighted by molar-refractivity contribution is -0.0110. The Morgan fingerprint density at radius 3 is 3.00 bits per heavy atom. The maximum absolute atomic E-state index is 13.2. The fraction of sp³-hybridized carbons (Fsp3) is 0.600. The normalized spacial score (nSPS) is 24.0. The first-order chi connectivity index (χ1) is 9.72. The molecule has 0 amide bonds. The molecule has 1 saturated heterocycles. The van der Waals surface area contributed by atoms with Gasteiger partial charge in [0.05, 0.1) is 18.2 Å². The maximum Gasteiger partial charge on any atom is 0.141 e. The van der Waals surface area contributed by atoms with Crippen LogP contribution in [0, 0.1) is 5.82 Å². The molecule has 5 heteroatoms. The van der Waals surface area contributed by atoms with Gasteiger partial charge in [0.15, 0.2) is 0 Å². The van der Waals surface area contributed by atoms with Crippen molar-refractivity contribution in [2.24, 2.45) is 0 Å². The highest BCUT2D eigenvalue weighted by Gasteiger charge is 2.26. The van der Waals surface area contributed by atoms with E-state index in [4.69, 9.17) is 16.3 Å². The summed E-state index contributed by atoms with van der Waals surface area (Å²) < 4.78 is 18.8. The van der Waals surface area contributed by atoms with Crippen LogP contribution >= 0.6 is 11.6 Å². The Hall–Kier alpha value is -0.680. The number of benzene rings is 1. The first-order valence-corrected chi connectivity index (χ1v) is 7.59. The van der Waals surface area contributed by atoms with E-state index in [-0.39, 0.29) is 10.8 Å². The molecule has 1 atom stereocenters. The summed E-state index contributed by atoms with van der Waals surface area (Å²) in [6, 6.07) is 6.06. The van der Waals surface area contributed by atoms with Crippen LogP contribution in [0.2, 0.25) is 5.02 Å². The molecule has 1 aromatic carbocycles. The molecule has 2 aliphatic rings. The molecule has 1 unspecified atom stereocenters. The minimum absolute atomic E-state index is 0.198. The zero-order valence-corrected chi connectivity index (χ0v) is 12.2. The number of morpholine rings is 1. The Bertz CT molecular complexity index is 467. The maximum atomic E-state index is 13.2. The standard InChI is InChI=1S/C15H20ClFN2O/c16-14-7-11(1-4-15(14)17)9-19-5-6-20-10-13(19)8-18-12-2-3-12/h1,4,7,12-13,18H,2-3,5-6,8-10H2. The van der Waals surface area contributed by atoms with Crippen molar-refractivity contribution >= 4 is 11.6 Å². The van der Waals surface area contributed by atoms with Crippen molar-refractivity contribution in [3.8, 4) is 0 Å². The van der Waals surface area contributed by atoms with Crippen LogP contribution in [0.25, 0.3) is 0 Å². The van der Waals surface area contributed by atoms with Crippen LogP contribution in [-0.4, -0.2) is 43.3 Å². The van der Waals surface area contributed by atoms with Crippen molar-refractivity contribution in [3.63, 3.8) is 0 Å². The van der Waals surface area contributed by atoms with E-state index < -0.39 is 0 Å². The first kappa shape index (κ1) is 14.3. The summed E-state index contributed by atoms with van der Waals surface area (Å²) in [6.07, 6.45) is 2.59. The summed E-state index contributed by atoms with van der Waals surface area (Å²) in [5.74, 6) is -0.357. The zero-order chi connectivity index (χ0) is 13.9. The zero-order valence-electron chi connectivity index (χ0n) is 11.4. The number of halogens is 2. The van der Waals surface area contributed by atoms with Crippen LogP contribution in [-0.2, 0) is 11.3 Å². The third-order valence-corrected chi connectivity index (χ3v) is 4.23. The van der Waals surface area contributed by atoms with E-state index in [1.807, 2.05) is 6.07 Å².